The van der Waals surface area contributed by atoms with Gasteiger partial charge >= 0.3 is 11.9 Å². The van der Waals surface area contributed by atoms with Gasteiger partial charge in [0, 0.05) is 0 Å². The first-order valence-corrected chi connectivity index (χ1v) is 5.20. The van der Waals surface area contributed by atoms with Gasteiger partial charge in [-0.2, -0.15) is 0 Å². The lowest BCUT2D eigenvalue weighted by atomic mass is 10.1. The Labute approximate surface area is 97.4 Å². The quantitative estimate of drug-likeness (QED) is 0.368. The van der Waals surface area contributed by atoms with Gasteiger partial charge in [-0.05, 0) is 13.8 Å². The molecule has 1 fully saturated rings. The molecule has 1 aliphatic heterocycles. The Morgan fingerprint density at radius 3 is 1.65 bits per heavy atom. The summed E-state index contributed by atoms with van der Waals surface area (Å²) in [6.45, 7) is 3.31. The molecule has 0 bridgehead atoms. The van der Waals surface area contributed by atoms with E-state index in [4.69, 9.17) is 0 Å². The molecule has 17 heavy (non-hydrogen) atoms. The molecule has 1 rings (SSSR count). The number of hydrogen-bond donors (Lipinski definition) is 1. The first kappa shape index (κ1) is 13.3. The Kier molecular flexibility index (Phi) is 4.33. The van der Waals surface area contributed by atoms with Gasteiger partial charge in [-0.25, -0.2) is 9.59 Å². The first-order valence-electron chi connectivity index (χ1n) is 5.20. The Balaban J connectivity index is 2.75. The summed E-state index contributed by atoms with van der Waals surface area (Å²) in [5.41, 5.74) is 0. The van der Waals surface area contributed by atoms with Crippen LogP contribution in [0, 0.1) is 0 Å². The molecular weight excluding hydrogens is 230 g/mol. The van der Waals surface area contributed by atoms with Crippen LogP contribution in [0.1, 0.15) is 13.8 Å². The molecule has 0 aromatic rings. The maximum atomic E-state index is 11.4. The minimum absolute atomic E-state index is 0.0859. The van der Waals surface area contributed by atoms with E-state index in [-0.39, 0.29) is 13.2 Å². The summed E-state index contributed by atoms with van der Waals surface area (Å²) in [5, 5.41) is 2.31. The van der Waals surface area contributed by atoms with Crippen LogP contribution in [0.2, 0.25) is 0 Å². The molecule has 1 heterocycles. The summed E-state index contributed by atoms with van der Waals surface area (Å²) in [7, 11) is 0. The van der Waals surface area contributed by atoms with Crippen molar-refractivity contribution in [1.29, 1.82) is 0 Å². The average molecular weight is 243 g/mol. The highest BCUT2D eigenvalue weighted by Crippen LogP contribution is 2.08. The number of rotatable bonds is 4. The standard InChI is InChI=1S/C10H13NO6/c1-3-16-9(14)5-7(12)8(13)6(11-5)10(15)17-4-2/h5-6,11H,3-4H2,1-2H3/t5-,6-/m0/s1. The van der Waals surface area contributed by atoms with Crippen molar-refractivity contribution in [2.45, 2.75) is 25.9 Å². The normalized spacial score (nSPS) is 23.6. The van der Waals surface area contributed by atoms with Crippen LogP contribution in [0.25, 0.3) is 0 Å². The third-order valence-electron chi connectivity index (χ3n) is 2.15. The highest BCUT2D eigenvalue weighted by molar-refractivity contribution is 6.49. The van der Waals surface area contributed by atoms with Crippen LogP contribution < -0.4 is 5.32 Å². The second-order valence-corrected chi connectivity index (χ2v) is 3.27. The molecule has 1 N–H and O–H groups in total. The van der Waals surface area contributed by atoms with Crippen LogP contribution in [0.15, 0.2) is 0 Å². The van der Waals surface area contributed by atoms with Gasteiger partial charge in [0.05, 0.1) is 13.2 Å². The summed E-state index contributed by atoms with van der Waals surface area (Å²) in [6.07, 6.45) is 0. The predicted octanol–water partition coefficient (Wildman–Crippen LogP) is -1.41. The number of carbonyl (C=O) groups excluding carboxylic acids is 4. The van der Waals surface area contributed by atoms with Crippen molar-refractivity contribution in [2.24, 2.45) is 0 Å². The Morgan fingerprint density at radius 1 is 1.00 bits per heavy atom. The van der Waals surface area contributed by atoms with Gasteiger partial charge in [-0.1, -0.05) is 0 Å². The van der Waals surface area contributed by atoms with Crippen molar-refractivity contribution in [3.05, 3.63) is 0 Å². The lowest BCUT2D eigenvalue weighted by Crippen LogP contribution is -2.43. The summed E-state index contributed by atoms with van der Waals surface area (Å²) in [4.78, 5) is 45.5. The fraction of sp³-hybridized carbons (Fsp3) is 0.600. The molecule has 7 nitrogen and oxygen atoms in total. The van der Waals surface area contributed by atoms with Crippen molar-refractivity contribution >= 4 is 23.5 Å². The number of nitrogens with one attached hydrogen (secondary N) is 1. The van der Waals surface area contributed by atoms with Crippen LogP contribution in [-0.4, -0.2) is 48.8 Å². The van der Waals surface area contributed by atoms with E-state index in [1.807, 2.05) is 0 Å². The monoisotopic (exact) mass is 243 g/mol. The Morgan fingerprint density at radius 2 is 1.35 bits per heavy atom. The van der Waals surface area contributed by atoms with Gasteiger partial charge in [-0.15, -0.1) is 0 Å². The smallest absolute Gasteiger partial charge is 0.331 e. The van der Waals surface area contributed by atoms with Gasteiger partial charge in [0.1, 0.15) is 0 Å². The molecular formula is C10H13NO6. The van der Waals surface area contributed by atoms with E-state index in [2.05, 4.69) is 14.8 Å². The molecule has 1 aliphatic rings. The van der Waals surface area contributed by atoms with E-state index in [9.17, 15) is 19.2 Å². The summed E-state index contributed by atoms with van der Waals surface area (Å²) >= 11 is 0. The molecule has 0 unspecified atom stereocenters. The third kappa shape index (κ3) is 2.68. The van der Waals surface area contributed by atoms with Crippen molar-refractivity contribution in [3.63, 3.8) is 0 Å². The molecule has 7 heteroatoms. The number of hydrogen-bond acceptors (Lipinski definition) is 7. The lowest BCUT2D eigenvalue weighted by molar-refractivity contribution is -0.150. The molecule has 0 spiro atoms. The lowest BCUT2D eigenvalue weighted by Gasteiger charge is -2.09. The van der Waals surface area contributed by atoms with Gasteiger partial charge < -0.3 is 9.47 Å². The number of ketones is 2. The second kappa shape index (κ2) is 5.53. The fourth-order valence-electron chi connectivity index (χ4n) is 1.40. The molecule has 0 radical (unpaired) electrons. The average Bonchev–Trinajstić information content (AvgIpc) is 2.57. The molecule has 1 saturated heterocycles. The first-order chi connectivity index (χ1) is 8.02. The van der Waals surface area contributed by atoms with E-state index >= 15 is 0 Å². The Bertz CT molecular complexity index is 330. The zero-order valence-electron chi connectivity index (χ0n) is 9.52. The SMILES string of the molecule is CCOC(=O)[C@H]1N[C@H](C(=O)OCC)C(=O)C1=O. The van der Waals surface area contributed by atoms with Crippen molar-refractivity contribution in [2.75, 3.05) is 13.2 Å². The van der Waals surface area contributed by atoms with Crippen LogP contribution >= 0.6 is 0 Å². The van der Waals surface area contributed by atoms with Crippen LogP contribution in [0.4, 0.5) is 0 Å². The number of carbonyl (C=O) groups is 4. The molecule has 0 aromatic heterocycles. The minimum Gasteiger partial charge on any atom is -0.464 e. The van der Waals surface area contributed by atoms with E-state index in [1.165, 1.54) is 0 Å². The zero-order chi connectivity index (χ0) is 13.0. The highest BCUT2D eigenvalue weighted by atomic mass is 16.5. The highest BCUT2D eigenvalue weighted by Gasteiger charge is 2.49. The summed E-state index contributed by atoms with van der Waals surface area (Å²) in [6, 6.07) is -2.81. The van der Waals surface area contributed by atoms with Crippen molar-refractivity contribution < 1.29 is 28.7 Å². The number of Topliss-reactive ketones (excluding diaryl/α,β-unsaturated/α-hetero) is 2. The third-order valence-corrected chi connectivity index (χ3v) is 2.15. The Hall–Kier alpha value is -1.76. The maximum Gasteiger partial charge on any atom is 0.331 e. The summed E-state index contributed by atoms with van der Waals surface area (Å²) in [5.74, 6) is -3.67. The van der Waals surface area contributed by atoms with Crippen LogP contribution in [0.3, 0.4) is 0 Å². The number of ether oxygens (including phenoxy) is 2. The fourth-order valence-corrected chi connectivity index (χ4v) is 1.40. The van der Waals surface area contributed by atoms with Crippen LogP contribution in [-0.2, 0) is 28.7 Å². The molecule has 0 aromatic carbocycles. The molecule has 0 amide bonds. The number of esters is 2. The van der Waals surface area contributed by atoms with Gasteiger partial charge in [-0.3, -0.25) is 14.9 Å². The topological polar surface area (TPSA) is 98.8 Å². The molecule has 94 valence electrons. The van der Waals surface area contributed by atoms with E-state index in [1.54, 1.807) is 13.8 Å². The predicted molar refractivity (Wildman–Crippen MR) is 54.0 cm³/mol. The second-order valence-electron chi connectivity index (χ2n) is 3.27. The molecule has 0 saturated carbocycles. The molecule has 2 atom stereocenters. The zero-order valence-corrected chi connectivity index (χ0v) is 9.52. The van der Waals surface area contributed by atoms with Gasteiger partial charge in [0.25, 0.3) is 0 Å². The maximum absolute atomic E-state index is 11.4. The minimum atomic E-state index is -1.41. The largest absolute Gasteiger partial charge is 0.464 e. The van der Waals surface area contributed by atoms with E-state index in [0.717, 1.165) is 0 Å². The summed E-state index contributed by atoms with van der Waals surface area (Å²) < 4.78 is 9.21. The van der Waals surface area contributed by atoms with Gasteiger partial charge in [0.2, 0.25) is 11.6 Å². The van der Waals surface area contributed by atoms with Gasteiger partial charge in [0.15, 0.2) is 12.1 Å². The van der Waals surface area contributed by atoms with E-state index in [0.29, 0.717) is 0 Å². The van der Waals surface area contributed by atoms with Crippen LogP contribution in [0.5, 0.6) is 0 Å². The van der Waals surface area contributed by atoms with E-state index < -0.39 is 35.6 Å². The van der Waals surface area contributed by atoms with Crippen molar-refractivity contribution in [1.82, 2.24) is 5.32 Å². The molecule has 0 aliphatic carbocycles. The van der Waals surface area contributed by atoms with Crippen molar-refractivity contribution in [3.8, 4) is 0 Å².